The number of benzene rings is 2. The maximum Gasteiger partial charge on any atom is 0.416 e. The highest BCUT2D eigenvalue weighted by atomic mass is 32.2. The van der Waals surface area contributed by atoms with Crippen molar-refractivity contribution in [2.45, 2.75) is 43.0 Å². The Morgan fingerprint density at radius 3 is 2.67 bits per heavy atom. The number of hydrogen-bond donors (Lipinski definition) is 2. The first-order valence-corrected chi connectivity index (χ1v) is 11.7. The summed E-state index contributed by atoms with van der Waals surface area (Å²) in [6.45, 7) is 0.752. The fourth-order valence-electron chi connectivity index (χ4n) is 3.77. The number of anilines is 1. The van der Waals surface area contributed by atoms with Crippen molar-refractivity contribution in [2.75, 3.05) is 11.9 Å². The molecule has 1 atom stereocenters. The molecule has 1 fully saturated rings. The van der Waals surface area contributed by atoms with Crippen LogP contribution < -0.4 is 10.5 Å². The Kier molecular flexibility index (Phi) is 6.16. The third kappa shape index (κ3) is 5.18. The van der Waals surface area contributed by atoms with Crippen LogP contribution in [0.15, 0.2) is 47.4 Å². The Balaban J connectivity index is 1.73. The summed E-state index contributed by atoms with van der Waals surface area (Å²) in [5.74, 6) is -0.653. The van der Waals surface area contributed by atoms with Crippen LogP contribution >= 0.6 is 0 Å². The van der Waals surface area contributed by atoms with E-state index in [9.17, 15) is 26.4 Å². The molecule has 2 heterocycles. The Morgan fingerprint density at radius 2 is 2.00 bits per heavy atom. The molecule has 0 saturated carbocycles. The molecule has 3 aromatic rings. The lowest BCUT2D eigenvalue weighted by atomic mass is 10.1. The number of halogens is 3. The van der Waals surface area contributed by atoms with E-state index in [-0.39, 0.29) is 39.8 Å². The van der Waals surface area contributed by atoms with Gasteiger partial charge in [0.15, 0.2) is 0 Å². The third-order valence-corrected chi connectivity index (χ3v) is 6.26. The molecule has 12 heteroatoms. The van der Waals surface area contributed by atoms with Crippen LogP contribution in [0.1, 0.15) is 35.3 Å². The van der Waals surface area contributed by atoms with Crippen LogP contribution in [0.4, 0.5) is 18.9 Å². The van der Waals surface area contributed by atoms with Crippen LogP contribution in [0, 0.1) is 0 Å². The second-order valence-corrected chi connectivity index (χ2v) is 9.34. The molecule has 3 N–H and O–H groups in total. The Morgan fingerprint density at radius 1 is 1.21 bits per heavy atom. The second-order valence-electron chi connectivity index (χ2n) is 7.78. The zero-order valence-corrected chi connectivity index (χ0v) is 18.1. The number of alkyl halides is 3. The number of nitrogens with two attached hydrogens (primary N) is 1. The van der Waals surface area contributed by atoms with Crippen molar-refractivity contribution in [3.63, 3.8) is 0 Å². The molecule has 8 nitrogen and oxygen atoms in total. The largest absolute Gasteiger partial charge is 0.416 e. The summed E-state index contributed by atoms with van der Waals surface area (Å²) in [4.78, 5) is 13.0. The van der Waals surface area contributed by atoms with Gasteiger partial charge in [0.1, 0.15) is 5.69 Å². The Labute approximate surface area is 187 Å². The highest BCUT2D eigenvalue weighted by Gasteiger charge is 2.32. The van der Waals surface area contributed by atoms with Gasteiger partial charge in [0.05, 0.1) is 28.6 Å². The topological polar surface area (TPSA) is 116 Å². The number of aromatic nitrogens is 2. The normalized spacial score (nSPS) is 17.3. The zero-order chi connectivity index (χ0) is 23.8. The second kappa shape index (κ2) is 8.76. The maximum absolute atomic E-state index is 13.2. The van der Waals surface area contributed by atoms with E-state index in [1.807, 2.05) is 0 Å². The van der Waals surface area contributed by atoms with Crippen LogP contribution in [0.3, 0.4) is 0 Å². The van der Waals surface area contributed by atoms with Crippen LogP contribution in [0.5, 0.6) is 0 Å². The van der Waals surface area contributed by atoms with E-state index < -0.39 is 27.7 Å². The lowest BCUT2D eigenvalue weighted by Crippen LogP contribution is -2.28. The third-order valence-electron chi connectivity index (χ3n) is 5.35. The summed E-state index contributed by atoms with van der Waals surface area (Å²) in [6.07, 6.45) is -2.19. The van der Waals surface area contributed by atoms with Gasteiger partial charge in [0, 0.05) is 17.7 Å². The molecule has 2 aromatic carbocycles. The molecule has 1 amide bonds. The van der Waals surface area contributed by atoms with Crippen molar-refractivity contribution < 1.29 is 31.1 Å². The quantitative estimate of drug-likeness (QED) is 0.577. The van der Waals surface area contributed by atoms with Gasteiger partial charge in [0.2, 0.25) is 10.0 Å². The lowest BCUT2D eigenvalue weighted by Gasteiger charge is -2.23. The molecule has 33 heavy (non-hydrogen) atoms. The number of nitrogens with one attached hydrogen (secondary N) is 1. The van der Waals surface area contributed by atoms with Gasteiger partial charge >= 0.3 is 6.18 Å². The van der Waals surface area contributed by atoms with Gasteiger partial charge in [-0.2, -0.15) is 18.3 Å². The maximum atomic E-state index is 13.2. The van der Waals surface area contributed by atoms with E-state index in [0.29, 0.717) is 6.61 Å². The van der Waals surface area contributed by atoms with Crippen molar-refractivity contribution in [3.05, 3.63) is 53.7 Å². The number of rotatable bonds is 5. The fourth-order valence-corrected chi connectivity index (χ4v) is 4.33. The van der Waals surface area contributed by atoms with Gasteiger partial charge in [-0.25, -0.2) is 13.6 Å². The molecule has 1 unspecified atom stereocenters. The van der Waals surface area contributed by atoms with Crippen LogP contribution in [0.2, 0.25) is 0 Å². The number of primary sulfonamides is 1. The van der Waals surface area contributed by atoms with Crippen molar-refractivity contribution in [3.8, 4) is 0 Å². The first kappa shape index (κ1) is 23.2. The molecular formula is C21H21F3N4O4S. The predicted molar refractivity (Wildman–Crippen MR) is 114 cm³/mol. The fraction of sp³-hybridized carbons (Fsp3) is 0.333. The van der Waals surface area contributed by atoms with E-state index in [4.69, 9.17) is 9.88 Å². The van der Waals surface area contributed by atoms with E-state index in [1.54, 1.807) is 0 Å². The standard InChI is InChI=1S/C21H21F3N4O4S/c22-21(23,24)13-7-8-17-18(10-13)27-28(12-15-5-1-2-9-32-15)19(17)20(29)26-14-4-3-6-16(11-14)33(25,30)31/h3-4,6-8,10-11,15H,1-2,5,9,12H2,(H,26,29)(H2,25,30,31). The van der Waals surface area contributed by atoms with Crippen molar-refractivity contribution in [2.24, 2.45) is 5.14 Å². The first-order valence-electron chi connectivity index (χ1n) is 10.2. The number of nitrogens with zero attached hydrogens (tertiary/aromatic N) is 2. The van der Waals surface area contributed by atoms with Crippen molar-refractivity contribution in [1.82, 2.24) is 9.78 Å². The molecule has 0 radical (unpaired) electrons. The smallest absolute Gasteiger partial charge is 0.376 e. The highest BCUT2D eigenvalue weighted by Crippen LogP contribution is 2.32. The average molecular weight is 482 g/mol. The molecule has 4 rings (SSSR count). The number of carbonyl (C=O) groups is 1. The van der Waals surface area contributed by atoms with Crippen molar-refractivity contribution >= 4 is 32.5 Å². The predicted octanol–water partition coefficient (Wildman–Crippen LogP) is 3.52. The van der Waals surface area contributed by atoms with E-state index in [1.165, 1.54) is 35.0 Å². The van der Waals surface area contributed by atoms with Crippen LogP contribution in [0.25, 0.3) is 10.9 Å². The van der Waals surface area contributed by atoms with Crippen LogP contribution in [-0.4, -0.2) is 36.8 Å². The molecule has 1 aromatic heterocycles. The zero-order valence-electron chi connectivity index (χ0n) is 17.3. The lowest BCUT2D eigenvalue weighted by molar-refractivity contribution is -0.137. The summed E-state index contributed by atoms with van der Waals surface area (Å²) < 4.78 is 69.8. The van der Waals surface area contributed by atoms with E-state index in [0.717, 1.165) is 31.4 Å². The summed E-state index contributed by atoms with van der Waals surface area (Å²) in [5.41, 5.74) is -0.646. The highest BCUT2D eigenvalue weighted by molar-refractivity contribution is 7.89. The molecular weight excluding hydrogens is 461 g/mol. The van der Waals surface area contributed by atoms with E-state index in [2.05, 4.69) is 10.4 Å². The van der Waals surface area contributed by atoms with E-state index >= 15 is 0 Å². The number of fused-ring (bicyclic) bond motifs is 1. The van der Waals surface area contributed by atoms with Crippen molar-refractivity contribution in [1.29, 1.82) is 0 Å². The molecule has 1 saturated heterocycles. The van der Waals surface area contributed by atoms with Crippen LogP contribution in [-0.2, 0) is 27.5 Å². The number of amides is 1. The van der Waals surface area contributed by atoms with Gasteiger partial charge in [0.25, 0.3) is 5.91 Å². The molecule has 0 aliphatic carbocycles. The minimum atomic E-state index is -4.55. The van der Waals surface area contributed by atoms with Gasteiger partial charge in [-0.15, -0.1) is 0 Å². The average Bonchev–Trinajstić information content (AvgIpc) is 3.10. The summed E-state index contributed by atoms with van der Waals surface area (Å²) in [5, 5.41) is 12.2. The summed E-state index contributed by atoms with van der Waals surface area (Å²) in [7, 11) is -3.99. The number of carbonyl (C=O) groups excluding carboxylic acids is 1. The molecule has 0 spiro atoms. The minimum Gasteiger partial charge on any atom is -0.376 e. The Hall–Kier alpha value is -2.96. The number of sulfonamides is 1. The summed E-state index contributed by atoms with van der Waals surface area (Å²) in [6, 6.07) is 8.36. The molecule has 176 valence electrons. The SMILES string of the molecule is NS(=O)(=O)c1cccc(NC(=O)c2c3ccc(C(F)(F)F)cc3nn2CC2CCCCO2)c1. The monoisotopic (exact) mass is 482 g/mol. The molecule has 0 bridgehead atoms. The van der Waals surface area contributed by atoms with Gasteiger partial charge in [-0.1, -0.05) is 6.07 Å². The van der Waals surface area contributed by atoms with Gasteiger partial charge in [-0.3, -0.25) is 9.48 Å². The first-order chi connectivity index (χ1) is 15.5. The van der Waals surface area contributed by atoms with Gasteiger partial charge < -0.3 is 10.1 Å². The van der Waals surface area contributed by atoms with Gasteiger partial charge in [-0.05, 0) is 55.7 Å². The minimum absolute atomic E-state index is 0.0177. The number of ether oxygens (including phenoxy) is 1. The molecule has 1 aliphatic rings. The Bertz CT molecular complexity index is 1300. The summed E-state index contributed by atoms with van der Waals surface area (Å²) >= 11 is 0. The number of hydrogen-bond acceptors (Lipinski definition) is 5. The molecule has 1 aliphatic heterocycles.